The quantitative estimate of drug-likeness (QED) is 0.750. The van der Waals surface area contributed by atoms with Crippen molar-refractivity contribution in [1.29, 1.82) is 0 Å². The maximum atomic E-state index is 11.9. The standard InChI is InChI=1S/C15H27N3O2S2/c1-4-18(5-2)15(21)22-10-13(19)17-14(20)16-12-9-7-6-8-11(12)3/h11-12H,4-10H2,1-3H3,(H2,16,17,19,20)/t11-,12-/m1/s1. The summed E-state index contributed by atoms with van der Waals surface area (Å²) in [7, 11) is 0. The van der Waals surface area contributed by atoms with E-state index in [1.165, 1.54) is 18.2 Å². The molecule has 0 aliphatic heterocycles. The highest BCUT2D eigenvalue weighted by atomic mass is 32.2. The molecule has 0 saturated heterocycles. The Labute approximate surface area is 143 Å². The van der Waals surface area contributed by atoms with Crippen LogP contribution in [0.4, 0.5) is 4.79 Å². The first kappa shape index (κ1) is 19.2. The molecule has 22 heavy (non-hydrogen) atoms. The summed E-state index contributed by atoms with van der Waals surface area (Å²) in [6.07, 6.45) is 4.48. The van der Waals surface area contributed by atoms with Gasteiger partial charge in [-0.05, 0) is 32.6 Å². The Morgan fingerprint density at radius 2 is 1.86 bits per heavy atom. The highest BCUT2D eigenvalue weighted by Gasteiger charge is 2.23. The van der Waals surface area contributed by atoms with Gasteiger partial charge in [-0.2, -0.15) is 0 Å². The van der Waals surface area contributed by atoms with Crippen molar-refractivity contribution in [3.05, 3.63) is 0 Å². The summed E-state index contributed by atoms with van der Waals surface area (Å²) in [6.45, 7) is 7.84. The van der Waals surface area contributed by atoms with Crippen molar-refractivity contribution in [2.24, 2.45) is 5.92 Å². The van der Waals surface area contributed by atoms with Crippen molar-refractivity contribution in [2.75, 3.05) is 18.8 Å². The molecule has 0 aromatic carbocycles. The Balaban J connectivity index is 2.29. The molecule has 1 aliphatic rings. The van der Waals surface area contributed by atoms with Crippen LogP contribution >= 0.6 is 24.0 Å². The van der Waals surface area contributed by atoms with E-state index in [2.05, 4.69) is 17.6 Å². The van der Waals surface area contributed by atoms with E-state index in [0.29, 0.717) is 10.2 Å². The number of thioether (sulfide) groups is 1. The van der Waals surface area contributed by atoms with Crippen LogP contribution in [0.1, 0.15) is 46.5 Å². The van der Waals surface area contributed by atoms with Crippen LogP contribution in [-0.2, 0) is 4.79 Å². The van der Waals surface area contributed by atoms with Gasteiger partial charge in [0.25, 0.3) is 0 Å². The number of carbonyl (C=O) groups is 2. The molecule has 1 saturated carbocycles. The molecule has 1 rings (SSSR count). The lowest BCUT2D eigenvalue weighted by Crippen LogP contribution is -2.48. The summed E-state index contributed by atoms with van der Waals surface area (Å²) in [6, 6.07) is -0.218. The fraction of sp³-hybridized carbons (Fsp3) is 0.800. The van der Waals surface area contributed by atoms with Crippen molar-refractivity contribution < 1.29 is 9.59 Å². The van der Waals surface area contributed by atoms with Crippen molar-refractivity contribution in [3.63, 3.8) is 0 Å². The predicted octanol–water partition coefficient (Wildman–Crippen LogP) is 2.75. The second-order valence-corrected chi connectivity index (χ2v) is 7.23. The van der Waals surface area contributed by atoms with E-state index in [4.69, 9.17) is 12.2 Å². The van der Waals surface area contributed by atoms with Crippen LogP contribution in [0.5, 0.6) is 0 Å². The number of hydrogen-bond donors (Lipinski definition) is 2. The lowest BCUT2D eigenvalue weighted by Gasteiger charge is -2.29. The first-order chi connectivity index (χ1) is 10.5. The first-order valence-corrected chi connectivity index (χ1v) is 9.39. The van der Waals surface area contributed by atoms with E-state index in [9.17, 15) is 9.59 Å². The number of imide groups is 1. The first-order valence-electron chi connectivity index (χ1n) is 7.99. The molecular weight excluding hydrogens is 318 g/mol. The van der Waals surface area contributed by atoms with Gasteiger partial charge in [0.05, 0.1) is 5.75 Å². The summed E-state index contributed by atoms with van der Waals surface area (Å²) in [5, 5.41) is 5.30. The second-order valence-electron chi connectivity index (χ2n) is 5.62. The van der Waals surface area contributed by atoms with Gasteiger partial charge in [-0.25, -0.2) is 4.79 Å². The van der Waals surface area contributed by atoms with Crippen LogP contribution in [0, 0.1) is 5.92 Å². The number of thiocarbonyl (C=S) groups is 1. The van der Waals surface area contributed by atoms with Crippen LogP contribution in [0.15, 0.2) is 0 Å². The van der Waals surface area contributed by atoms with Crippen molar-refractivity contribution >= 4 is 40.2 Å². The Kier molecular flexibility index (Phi) is 8.78. The molecule has 0 bridgehead atoms. The Hall–Kier alpha value is -0.820. The van der Waals surface area contributed by atoms with E-state index < -0.39 is 6.03 Å². The Morgan fingerprint density at radius 1 is 1.23 bits per heavy atom. The molecule has 0 aromatic heterocycles. The molecule has 5 nitrogen and oxygen atoms in total. The molecule has 0 aromatic rings. The highest BCUT2D eigenvalue weighted by Crippen LogP contribution is 2.23. The minimum atomic E-state index is -0.391. The van der Waals surface area contributed by atoms with Gasteiger partial charge >= 0.3 is 6.03 Å². The van der Waals surface area contributed by atoms with Crippen LogP contribution in [0.2, 0.25) is 0 Å². The van der Waals surface area contributed by atoms with Gasteiger partial charge in [-0.15, -0.1) is 0 Å². The maximum Gasteiger partial charge on any atom is 0.321 e. The molecule has 0 unspecified atom stereocenters. The minimum Gasteiger partial charge on any atom is -0.358 e. The lowest BCUT2D eigenvalue weighted by atomic mass is 9.86. The second kappa shape index (κ2) is 10.0. The van der Waals surface area contributed by atoms with E-state index in [-0.39, 0.29) is 17.7 Å². The highest BCUT2D eigenvalue weighted by molar-refractivity contribution is 8.23. The van der Waals surface area contributed by atoms with Crippen LogP contribution in [0.3, 0.4) is 0 Å². The Bertz CT molecular complexity index is 400. The van der Waals surface area contributed by atoms with Crippen LogP contribution in [0.25, 0.3) is 0 Å². The fourth-order valence-electron chi connectivity index (χ4n) is 2.60. The SMILES string of the molecule is CCN(CC)C(=S)SCC(=O)NC(=O)N[C@@H]1CCCC[C@H]1C. The lowest BCUT2D eigenvalue weighted by molar-refractivity contribution is -0.117. The topological polar surface area (TPSA) is 61.4 Å². The van der Waals surface area contributed by atoms with Gasteiger partial charge in [-0.3, -0.25) is 10.1 Å². The zero-order valence-electron chi connectivity index (χ0n) is 13.7. The third kappa shape index (κ3) is 6.52. The van der Waals surface area contributed by atoms with Gasteiger partial charge in [-0.1, -0.05) is 43.7 Å². The largest absolute Gasteiger partial charge is 0.358 e. The van der Waals surface area contributed by atoms with Gasteiger partial charge in [0.15, 0.2) is 0 Å². The molecule has 2 atom stereocenters. The van der Waals surface area contributed by atoms with Crippen LogP contribution in [-0.4, -0.2) is 46.0 Å². The third-order valence-electron chi connectivity index (χ3n) is 4.03. The molecule has 3 amide bonds. The van der Waals surface area contributed by atoms with Crippen molar-refractivity contribution in [2.45, 2.75) is 52.5 Å². The van der Waals surface area contributed by atoms with Crippen LogP contribution < -0.4 is 10.6 Å². The number of urea groups is 1. The van der Waals surface area contributed by atoms with Crippen molar-refractivity contribution in [3.8, 4) is 0 Å². The number of nitrogens with zero attached hydrogens (tertiary/aromatic N) is 1. The summed E-state index contributed by atoms with van der Waals surface area (Å²) in [4.78, 5) is 25.7. The average Bonchev–Trinajstić information content (AvgIpc) is 2.48. The smallest absolute Gasteiger partial charge is 0.321 e. The molecular formula is C15H27N3O2S2. The summed E-state index contributed by atoms with van der Waals surface area (Å²) in [5.41, 5.74) is 0. The third-order valence-corrected chi connectivity index (χ3v) is 5.55. The molecule has 0 heterocycles. The van der Waals surface area contributed by atoms with Gasteiger partial charge in [0.2, 0.25) is 5.91 Å². The molecule has 0 spiro atoms. The predicted molar refractivity (Wildman–Crippen MR) is 96.1 cm³/mol. The van der Waals surface area contributed by atoms with E-state index in [1.807, 2.05) is 18.7 Å². The fourth-order valence-corrected chi connectivity index (χ4v) is 3.80. The summed E-state index contributed by atoms with van der Waals surface area (Å²) < 4.78 is 0.696. The maximum absolute atomic E-state index is 11.9. The zero-order valence-corrected chi connectivity index (χ0v) is 15.3. The number of nitrogens with one attached hydrogen (secondary N) is 2. The number of carbonyl (C=O) groups excluding carboxylic acids is 2. The summed E-state index contributed by atoms with van der Waals surface area (Å²) in [5.74, 6) is 0.336. The molecule has 1 fully saturated rings. The summed E-state index contributed by atoms with van der Waals surface area (Å²) >= 11 is 6.56. The number of hydrogen-bond acceptors (Lipinski definition) is 4. The van der Waals surface area contributed by atoms with Gasteiger partial charge < -0.3 is 10.2 Å². The number of amides is 3. The van der Waals surface area contributed by atoms with E-state index in [0.717, 1.165) is 32.4 Å². The molecule has 1 aliphatic carbocycles. The van der Waals surface area contributed by atoms with Gasteiger partial charge in [0.1, 0.15) is 4.32 Å². The monoisotopic (exact) mass is 345 g/mol. The van der Waals surface area contributed by atoms with Gasteiger partial charge in [0, 0.05) is 19.1 Å². The van der Waals surface area contributed by atoms with E-state index in [1.54, 1.807) is 0 Å². The zero-order chi connectivity index (χ0) is 16.5. The molecule has 7 heteroatoms. The normalized spacial score (nSPS) is 21.0. The molecule has 0 radical (unpaired) electrons. The van der Waals surface area contributed by atoms with Crippen molar-refractivity contribution in [1.82, 2.24) is 15.5 Å². The minimum absolute atomic E-state index is 0.170. The molecule has 126 valence electrons. The Morgan fingerprint density at radius 3 is 2.45 bits per heavy atom. The van der Waals surface area contributed by atoms with E-state index >= 15 is 0 Å². The number of rotatable bonds is 5. The average molecular weight is 346 g/mol. The molecule has 2 N–H and O–H groups in total.